The molecule has 0 unspecified atom stereocenters. The Morgan fingerprint density at radius 3 is 1.85 bits per heavy atom. The number of fused-ring (bicyclic) bond motifs is 3. The van der Waals surface area contributed by atoms with E-state index in [1.165, 1.54) is 22.3 Å². The first-order valence-electron chi connectivity index (χ1n) is 10.1. The topological polar surface area (TPSA) is 42.9 Å². The molecule has 3 aliphatic rings. The third-order valence-electron chi connectivity index (χ3n) is 6.52. The van der Waals surface area contributed by atoms with E-state index in [-0.39, 0.29) is 11.3 Å². The molecule has 2 aromatic carbocycles. The van der Waals surface area contributed by atoms with Gasteiger partial charge in [-0.1, -0.05) is 55.5 Å². The van der Waals surface area contributed by atoms with Crippen molar-refractivity contribution in [2.45, 2.75) is 50.4 Å². The molecule has 1 saturated carbocycles. The normalized spacial score (nSPS) is 21.7. The zero-order valence-corrected chi connectivity index (χ0v) is 15.8. The van der Waals surface area contributed by atoms with Gasteiger partial charge in [-0.25, -0.2) is 0 Å². The molecule has 0 radical (unpaired) electrons. The number of ether oxygens (including phenoxy) is 2. The van der Waals surface area contributed by atoms with Crippen molar-refractivity contribution in [2.24, 2.45) is 5.10 Å². The molecule has 0 atom stereocenters. The highest BCUT2D eigenvalue weighted by Gasteiger charge is 2.45. The van der Waals surface area contributed by atoms with Crippen LogP contribution in [-0.2, 0) is 9.47 Å². The van der Waals surface area contributed by atoms with E-state index in [4.69, 9.17) is 14.6 Å². The summed E-state index contributed by atoms with van der Waals surface area (Å²) in [7, 11) is 0. The van der Waals surface area contributed by atoms with E-state index < -0.39 is 0 Å². The lowest BCUT2D eigenvalue weighted by molar-refractivity contribution is -0.186. The van der Waals surface area contributed by atoms with Crippen LogP contribution >= 0.6 is 0 Å². The first kappa shape index (κ1) is 17.0. The lowest BCUT2D eigenvalue weighted by Gasteiger charge is -2.43. The van der Waals surface area contributed by atoms with Crippen LogP contribution in [0.25, 0.3) is 11.1 Å². The molecule has 1 aliphatic heterocycles. The van der Waals surface area contributed by atoms with Gasteiger partial charge in [0.25, 0.3) is 0 Å². The van der Waals surface area contributed by atoms with Gasteiger partial charge in [-0.05, 0) is 30.4 Å². The fourth-order valence-electron chi connectivity index (χ4n) is 4.73. The van der Waals surface area contributed by atoms with Crippen LogP contribution in [0.15, 0.2) is 53.6 Å². The molecule has 2 fully saturated rings. The van der Waals surface area contributed by atoms with Crippen LogP contribution in [0.5, 0.6) is 0 Å². The molecular weight excluding hydrogens is 336 g/mol. The minimum absolute atomic E-state index is 0.0139. The first-order chi connectivity index (χ1) is 13.2. The van der Waals surface area contributed by atoms with Crippen molar-refractivity contribution in [1.29, 1.82) is 0 Å². The fraction of sp³-hybridized carbons (Fsp3) is 0.435. The van der Waals surface area contributed by atoms with Crippen LogP contribution in [0, 0.1) is 0 Å². The zero-order chi connectivity index (χ0) is 18.3. The third kappa shape index (κ3) is 2.79. The van der Waals surface area contributed by atoms with E-state index in [1.54, 1.807) is 0 Å². The monoisotopic (exact) mass is 362 g/mol. The summed E-state index contributed by atoms with van der Waals surface area (Å²) in [5.74, 6) is -0.333. The molecule has 1 heterocycles. The Kier molecular flexibility index (Phi) is 4.06. The van der Waals surface area contributed by atoms with Gasteiger partial charge in [0, 0.05) is 24.0 Å². The molecule has 1 N–H and O–H groups in total. The van der Waals surface area contributed by atoms with Gasteiger partial charge < -0.3 is 14.9 Å². The van der Waals surface area contributed by atoms with Gasteiger partial charge >= 0.3 is 0 Å². The van der Waals surface area contributed by atoms with Gasteiger partial charge in [0.15, 0.2) is 5.79 Å². The SMILES string of the molecule is CCC1(NN=C2c3ccccc3-c3ccccc32)CCC2(CC1)OCCO2. The summed E-state index contributed by atoms with van der Waals surface area (Å²) in [4.78, 5) is 0. The molecule has 1 saturated heterocycles. The summed E-state index contributed by atoms with van der Waals surface area (Å²) >= 11 is 0. The predicted octanol–water partition coefficient (Wildman–Crippen LogP) is 4.47. The molecule has 1 spiro atoms. The minimum Gasteiger partial charge on any atom is -0.348 e. The van der Waals surface area contributed by atoms with Crippen molar-refractivity contribution in [3.8, 4) is 11.1 Å². The van der Waals surface area contributed by atoms with Gasteiger partial charge in [0.05, 0.1) is 24.5 Å². The van der Waals surface area contributed by atoms with Crippen molar-refractivity contribution in [3.05, 3.63) is 59.7 Å². The van der Waals surface area contributed by atoms with E-state index in [2.05, 4.69) is 60.9 Å². The largest absolute Gasteiger partial charge is 0.348 e. The number of rotatable bonds is 3. The van der Waals surface area contributed by atoms with Gasteiger partial charge in [0.2, 0.25) is 0 Å². The average molecular weight is 362 g/mol. The van der Waals surface area contributed by atoms with Gasteiger partial charge in [-0.15, -0.1) is 0 Å². The molecule has 27 heavy (non-hydrogen) atoms. The van der Waals surface area contributed by atoms with Crippen LogP contribution in [0.3, 0.4) is 0 Å². The van der Waals surface area contributed by atoms with Gasteiger partial charge in [-0.2, -0.15) is 5.10 Å². The van der Waals surface area contributed by atoms with Crippen molar-refractivity contribution in [2.75, 3.05) is 13.2 Å². The summed E-state index contributed by atoms with van der Waals surface area (Å²) in [6.45, 7) is 3.70. The second-order valence-corrected chi connectivity index (χ2v) is 7.90. The van der Waals surface area contributed by atoms with Gasteiger partial charge in [0.1, 0.15) is 0 Å². The Morgan fingerprint density at radius 1 is 0.815 bits per heavy atom. The number of nitrogens with zero attached hydrogens (tertiary/aromatic N) is 1. The summed E-state index contributed by atoms with van der Waals surface area (Å²) in [6.07, 6.45) is 4.95. The molecule has 4 heteroatoms. The molecule has 5 rings (SSSR count). The van der Waals surface area contributed by atoms with E-state index in [0.717, 1.165) is 51.0 Å². The highest BCUT2D eigenvalue weighted by atomic mass is 16.7. The van der Waals surface area contributed by atoms with E-state index in [0.29, 0.717) is 0 Å². The van der Waals surface area contributed by atoms with E-state index in [9.17, 15) is 0 Å². The molecule has 2 aromatic rings. The van der Waals surface area contributed by atoms with Crippen LogP contribution in [-0.4, -0.2) is 30.3 Å². The smallest absolute Gasteiger partial charge is 0.168 e. The second-order valence-electron chi connectivity index (χ2n) is 7.90. The molecule has 0 aromatic heterocycles. The molecular formula is C23H26N2O2. The Hall–Kier alpha value is -2.17. The van der Waals surface area contributed by atoms with Crippen molar-refractivity contribution >= 4 is 5.71 Å². The highest BCUT2D eigenvalue weighted by molar-refractivity contribution is 6.24. The number of hydrogen-bond donors (Lipinski definition) is 1. The summed E-state index contributed by atoms with van der Waals surface area (Å²) < 4.78 is 11.8. The van der Waals surface area contributed by atoms with E-state index >= 15 is 0 Å². The number of hydrogen-bond acceptors (Lipinski definition) is 4. The van der Waals surface area contributed by atoms with Crippen LogP contribution in [0.4, 0.5) is 0 Å². The van der Waals surface area contributed by atoms with Crippen molar-refractivity contribution in [3.63, 3.8) is 0 Å². The van der Waals surface area contributed by atoms with Gasteiger partial charge in [-0.3, -0.25) is 0 Å². The third-order valence-corrected chi connectivity index (χ3v) is 6.52. The Labute approximate surface area is 160 Å². The lowest BCUT2D eigenvalue weighted by Crippen LogP contribution is -2.50. The standard InChI is InChI=1S/C23H26N2O2/c1-2-22(11-13-23(14-12-22)26-15-16-27-23)25-24-21-19-9-5-3-7-17(19)18-8-4-6-10-20(18)21/h3-10,25H,2,11-16H2,1H3. The summed E-state index contributed by atoms with van der Waals surface area (Å²) in [6, 6.07) is 17.1. The first-order valence-corrected chi connectivity index (χ1v) is 10.1. The second kappa shape index (κ2) is 6.47. The minimum atomic E-state index is -0.333. The number of benzene rings is 2. The van der Waals surface area contributed by atoms with Crippen LogP contribution in [0.1, 0.15) is 50.2 Å². The lowest BCUT2D eigenvalue weighted by atomic mass is 9.77. The Balaban J connectivity index is 1.43. The summed E-state index contributed by atoms with van der Waals surface area (Å²) in [5.41, 5.74) is 9.64. The fourth-order valence-corrected chi connectivity index (χ4v) is 4.73. The maximum Gasteiger partial charge on any atom is 0.168 e. The maximum atomic E-state index is 5.90. The number of hydrazone groups is 1. The molecule has 0 bridgehead atoms. The van der Waals surface area contributed by atoms with E-state index in [1.807, 2.05) is 0 Å². The molecule has 2 aliphatic carbocycles. The van der Waals surface area contributed by atoms with Crippen LogP contribution in [0.2, 0.25) is 0 Å². The number of nitrogens with one attached hydrogen (secondary N) is 1. The Morgan fingerprint density at radius 2 is 1.33 bits per heavy atom. The molecule has 0 amide bonds. The summed E-state index contributed by atoms with van der Waals surface area (Å²) in [5, 5.41) is 4.97. The quantitative estimate of drug-likeness (QED) is 0.699. The zero-order valence-electron chi connectivity index (χ0n) is 15.8. The Bertz CT molecular complexity index is 826. The van der Waals surface area contributed by atoms with Crippen molar-refractivity contribution < 1.29 is 9.47 Å². The van der Waals surface area contributed by atoms with Crippen molar-refractivity contribution in [1.82, 2.24) is 5.43 Å². The predicted molar refractivity (Wildman–Crippen MR) is 107 cm³/mol. The average Bonchev–Trinajstić information content (AvgIpc) is 3.31. The van der Waals surface area contributed by atoms with Crippen LogP contribution < -0.4 is 5.43 Å². The highest BCUT2D eigenvalue weighted by Crippen LogP contribution is 2.42. The molecule has 4 nitrogen and oxygen atoms in total. The maximum absolute atomic E-state index is 5.90. The molecule has 140 valence electrons.